The zero-order valence-electron chi connectivity index (χ0n) is 22.3. The van der Waals surface area contributed by atoms with Crippen molar-refractivity contribution in [2.75, 3.05) is 12.4 Å². The summed E-state index contributed by atoms with van der Waals surface area (Å²) in [5.41, 5.74) is 4.02. The molecule has 1 aliphatic heterocycles. The number of anilines is 1. The third kappa shape index (κ3) is 6.38. The Morgan fingerprint density at radius 1 is 1.05 bits per heavy atom. The first-order chi connectivity index (χ1) is 19.2. The first-order valence-corrected chi connectivity index (χ1v) is 13.9. The summed E-state index contributed by atoms with van der Waals surface area (Å²) >= 11 is 7.38. The van der Waals surface area contributed by atoms with Crippen LogP contribution in [-0.2, 0) is 6.42 Å². The van der Waals surface area contributed by atoms with Gasteiger partial charge in [-0.25, -0.2) is 4.98 Å². The molecule has 8 heteroatoms. The number of carbonyl (C=O) groups excluding carboxylic acids is 2. The molecule has 0 bridgehead atoms. The van der Waals surface area contributed by atoms with E-state index in [-0.39, 0.29) is 17.2 Å². The number of hydrogen-bond acceptors (Lipinski definition) is 6. The molecule has 2 N–H and O–H groups in total. The summed E-state index contributed by atoms with van der Waals surface area (Å²) in [7, 11) is 1.63. The Balaban J connectivity index is 1.37. The van der Waals surface area contributed by atoms with Crippen molar-refractivity contribution in [2.45, 2.75) is 35.7 Å². The summed E-state index contributed by atoms with van der Waals surface area (Å²) in [6, 6.07) is 23.6. The van der Waals surface area contributed by atoms with E-state index >= 15 is 0 Å². The Morgan fingerprint density at radius 2 is 1.85 bits per heavy atom. The average Bonchev–Trinajstić information content (AvgIpc) is 2.94. The summed E-state index contributed by atoms with van der Waals surface area (Å²) in [6.45, 7) is 4.21. The lowest BCUT2D eigenvalue weighted by atomic mass is 9.85. The fraction of sp³-hybridized carbons (Fsp3) is 0.156. The molecule has 2 heterocycles. The molecule has 0 atom stereocenters. The number of amides is 1. The van der Waals surface area contributed by atoms with Gasteiger partial charge in [-0.2, -0.15) is 0 Å². The van der Waals surface area contributed by atoms with Gasteiger partial charge in [0, 0.05) is 50.2 Å². The molecule has 0 saturated heterocycles. The molecule has 0 unspecified atom stereocenters. The zero-order chi connectivity index (χ0) is 28.3. The second-order valence-electron chi connectivity index (χ2n) is 10.1. The van der Waals surface area contributed by atoms with E-state index in [9.17, 15) is 9.59 Å². The van der Waals surface area contributed by atoms with Crippen LogP contribution in [0.5, 0.6) is 5.75 Å². The van der Waals surface area contributed by atoms with Gasteiger partial charge in [0.25, 0.3) is 5.91 Å². The number of ketones is 1. The highest BCUT2D eigenvalue weighted by Crippen LogP contribution is 2.33. The Hall–Kier alpha value is -4.07. The van der Waals surface area contributed by atoms with Gasteiger partial charge in [0.05, 0.1) is 12.7 Å². The van der Waals surface area contributed by atoms with Gasteiger partial charge in [0.15, 0.2) is 5.78 Å². The van der Waals surface area contributed by atoms with Crippen LogP contribution >= 0.6 is 23.4 Å². The molecule has 0 spiro atoms. The number of hydrogen-bond donors (Lipinski definition) is 2. The molecular weight excluding hydrogens is 542 g/mol. The SMILES string of the molecule is COc1ccc2c(c1)/C(=C/C(=O)c1cccc(NC(=O)c3cccnc3Sc3ccc(Cl)cc3)c1)NC(C)(C)C2. The summed E-state index contributed by atoms with van der Waals surface area (Å²) in [4.78, 5) is 32.0. The van der Waals surface area contributed by atoms with Crippen LogP contribution < -0.4 is 15.4 Å². The van der Waals surface area contributed by atoms with E-state index in [4.69, 9.17) is 16.3 Å². The molecule has 40 heavy (non-hydrogen) atoms. The molecule has 6 nitrogen and oxygen atoms in total. The molecule has 0 fully saturated rings. The first-order valence-electron chi connectivity index (χ1n) is 12.7. The standard InChI is InChI=1S/C32H28ClN3O3S/c1-32(2)19-21-9-12-24(39-3)17-27(21)28(36-32)18-29(37)20-6-4-7-23(16-20)35-30(38)26-8-5-15-34-31(26)40-25-13-10-22(33)11-14-25/h4-18,36H,19H2,1-3H3,(H,35,38)/b28-18-. The van der Waals surface area contributed by atoms with Gasteiger partial charge in [0.2, 0.25) is 0 Å². The molecule has 1 aromatic heterocycles. The number of methoxy groups -OCH3 is 1. The number of aromatic nitrogens is 1. The second kappa shape index (κ2) is 11.6. The van der Waals surface area contributed by atoms with E-state index in [1.165, 1.54) is 11.8 Å². The van der Waals surface area contributed by atoms with Crippen LogP contribution in [0, 0.1) is 0 Å². The smallest absolute Gasteiger partial charge is 0.258 e. The van der Waals surface area contributed by atoms with Gasteiger partial charge in [-0.3, -0.25) is 9.59 Å². The van der Waals surface area contributed by atoms with Gasteiger partial charge in [-0.1, -0.05) is 41.6 Å². The number of rotatable bonds is 7. The maximum atomic E-state index is 13.4. The van der Waals surface area contributed by atoms with E-state index in [1.54, 1.807) is 67.9 Å². The number of benzene rings is 3. The Labute approximate surface area is 242 Å². The molecule has 0 radical (unpaired) electrons. The molecule has 202 valence electrons. The fourth-order valence-corrected chi connectivity index (χ4v) is 5.58. The number of ether oxygens (including phenoxy) is 1. The van der Waals surface area contributed by atoms with Crippen molar-refractivity contribution < 1.29 is 14.3 Å². The third-order valence-corrected chi connectivity index (χ3v) is 7.72. The van der Waals surface area contributed by atoms with Gasteiger partial charge in [0.1, 0.15) is 10.8 Å². The summed E-state index contributed by atoms with van der Waals surface area (Å²) in [6.07, 6.45) is 4.09. The summed E-state index contributed by atoms with van der Waals surface area (Å²) in [5.74, 6) is 0.238. The lowest BCUT2D eigenvalue weighted by Gasteiger charge is -2.35. The minimum Gasteiger partial charge on any atom is -0.497 e. The van der Waals surface area contributed by atoms with E-state index in [0.717, 1.165) is 33.9 Å². The topological polar surface area (TPSA) is 80.3 Å². The average molecular weight is 570 g/mol. The number of carbonyl (C=O) groups is 2. The van der Waals surface area contributed by atoms with Crippen molar-refractivity contribution in [1.29, 1.82) is 0 Å². The highest BCUT2D eigenvalue weighted by molar-refractivity contribution is 7.99. The van der Waals surface area contributed by atoms with Crippen molar-refractivity contribution in [3.05, 3.63) is 118 Å². The summed E-state index contributed by atoms with van der Waals surface area (Å²) in [5, 5.41) is 7.62. The normalized spacial score (nSPS) is 14.7. The monoisotopic (exact) mass is 569 g/mol. The minimum absolute atomic E-state index is 0.176. The van der Waals surface area contributed by atoms with E-state index < -0.39 is 0 Å². The van der Waals surface area contributed by atoms with Crippen LogP contribution in [-0.4, -0.2) is 29.3 Å². The number of allylic oxidation sites excluding steroid dienone is 1. The molecule has 3 aromatic carbocycles. The van der Waals surface area contributed by atoms with Crippen LogP contribution in [0.3, 0.4) is 0 Å². The van der Waals surface area contributed by atoms with Crippen molar-refractivity contribution in [3.63, 3.8) is 0 Å². The maximum Gasteiger partial charge on any atom is 0.258 e. The second-order valence-corrected chi connectivity index (χ2v) is 11.6. The highest BCUT2D eigenvalue weighted by atomic mass is 35.5. The Morgan fingerprint density at radius 3 is 2.62 bits per heavy atom. The van der Waals surface area contributed by atoms with Crippen LogP contribution in [0.25, 0.3) is 5.70 Å². The van der Waals surface area contributed by atoms with Crippen molar-refractivity contribution in [1.82, 2.24) is 10.3 Å². The van der Waals surface area contributed by atoms with Gasteiger partial charge in [-0.05, 0) is 86.5 Å². The van der Waals surface area contributed by atoms with Gasteiger partial charge in [-0.15, -0.1) is 0 Å². The predicted molar refractivity (Wildman–Crippen MR) is 160 cm³/mol. The Bertz CT molecular complexity index is 1620. The highest BCUT2D eigenvalue weighted by Gasteiger charge is 2.28. The number of halogens is 1. The quantitative estimate of drug-likeness (QED) is 0.180. The minimum atomic E-state index is -0.316. The largest absolute Gasteiger partial charge is 0.497 e. The molecular formula is C32H28ClN3O3S. The number of fused-ring (bicyclic) bond motifs is 1. The molecule has 1 amide bonds. The predicted octanol–water partition coefficient (Wildman–Crippen LogP) is 7.30. The zero-order valence-corrected chi connectivity index (χ0v) is 23.9. The molecule has 1 aliphatic rings. The molecule has 0 aliphatic carbocycles. The first kappa shape index (κ1) is 27.5. The van der Waals surface area contributed by atoms with Crippen molar-refractivity contribution >= 4 is 46.4 Å². The Kier molecular flexibility index (Phi) is 7.96. The van der Waals surface area contributed by atoms with Gasteiger partial charge < -0.3 is 15.4 Å². The van der Waals surface area contributed by atoms with E-state index in [2.05, 4.69) is 29.5 Å². The molecule has 4 aromatic rings. The summed E-state index contributed by atoms with van der Waals surface area (Å²) < 4.78 is 5.41. The van der Waals surface area contributed by atoms with Crippen molar-refractivity contribution in [3.8, 4) is 5.75 Å². The van der Waals surface area contributed by atoms with Crippen LogP contribution in [0.4, 0.5) is 5.69 Å². The fourth-order valence-electron chi connectivity index (χ4n) is 4.58. The van der Waals surface area contributed by atoms with E-state index in [1.807, 2.05) is 30.3 Å². The van der Waals surface area contributed by atoms with Crippen molar-refractivity contribution in [2.24, 2.45) is 0 Å². The van der Waals surface area contributed by atoms with Crippen LogP contribution in [0.15, 0.2) is 101 Å². The number of pyridine rings is 1. The van der Waals surface area contributed by atoms with Gasteiger partial charge >= 0.3 is 0 Å². The number of nitrogens with one attached hydrogen (secondary N) is 2. The van der Waals surface area contributed by atoms with Crippen LogP contribution in [0.1, 0.15) is 45.7 Å². The van der Waals surface area contributed by atoms with E-state index in [0.29, 0.717) is 26.9 Å². The third-order valence-electron chi connectivity index (χ3n) is 6.44. The molecule has 0 saturated carbocycles. The maximum absolute atomic E-state index is 13.4. The van der Waals surface area contributed by atoms with Crippen LogP contribution in [0.2, 0.25) is 5.02 Å². The molecule has 5 rings (SSSR count). The lowest BCUT2D eigenvalue weighted by molar-refractivity contribution is 0.101. The lowest BCUT2D eigenvalue weighted by Crippen LogP contribution is -2.43. The number of nitrogens with zero attached hydrogens (tertiary/aromatic N) is 1.